The van der Waals surface area contributed by atoms with E-state index in [2.05, 4.69) is 5.32 Å². The van der Waals surface area contributed by atoms with Crippen LogP contribution in [0.4, 0.5) is 13.2 Å². The van der Waals surface area contributed by atoms with Gasteiger partial charge in [-0.2, -0.15) is 13.2 Å². The van der Waals surface area contributed by atoms with Crippen LogP contribution in [0.2, 0.25) is 0 Å². The summed E-state index contributed by atoms with van der Waals surface area (Å²) in [7, 11) is 1.21. The number of carbonyl (C=O) groups is 2. The summed E-state index contributed by atoms with van der Waals surface area (Å²) in [5, 5.41) is 2.53. The van der Waals surface area contributed by atoms with Gasteiger partial charge in [0.1, 0.15) is 6.04 Å². The van der Waals surface area contributed by atoms with Crippen molar-refractivity contribution in [2.45, 2.75) is 25.1 Å². The molecule has 0 radical (unpaired) electrons. The fourth-order valence-corrected chi connectivity index (χ4v) is 2.47. The van der Waals surface area contributed by atoms with Gasteiger partial charge in [0.05, 0.1) is 19.1 Å². The molecule has 0 spiro atoms. The maximum Gasteiger partial charge on any atom is 0.416 e. The van der Waals surface area contributed by atoms with Gasteiger partial charge in [-0.25, -0.2) is 4.79 Å². The Morgan fingerprint density at radius 2 is 1.69 bits per heavy atom. The molecule has 4 nitrogen and oxygen atoms in total. The zero-order valence-corrected chi connectivity index (χ0v) is 14.0. The van der Waals surface area contributed by atoms with E-state index in [1.807, 2.05) is 6.07 Å². The summed E-state index contributed by atoms with van der Waals surface area (Å²) in [6, 6.07) is 12.6. The van der Waals surface area contributed by atoms with Crippen molar-refractivity contribution in [3.8, 4) is 0 Å². The lowest BCUT2D eigenvalue weighted by atomic mass is 10.0. The predicted molar refractivity (Wildman–Crippen MR) is 89.2 cm³/mol. The third-order valence-electron chi connectivity index (χ3n) is 3.72. The first-order valence-corrected chi connectivity index (χ1v) is 7.87. The van der Waals surface area contributed by atoms with Crippen molar-refractivity contribution < 1.29 is 27.5 Å². The molecule has 0 aliphatic rings. The topological polar surface area (TPSA) is 55.4 Å². The van der Waals surface area contributed by atoms with Gasteiger partial charge in [-0.15, -0.1) is 0 Å². The van der Waals surface area contributed by atoms with Gasteiger partial charge >= 0.3 is 12.1 Å². The summed E-state index contributed by atoms with van der Waals surface area (Å²) in [6.45, 7) is 0. The van der Waals surface area contributed by atoms with Crippen LogP contribution in [-0.2, 0) is 33.3 Å². The second-order valence-electron chi connectivity index (χ2n) is 5.71. The number of ether oxygens (including phenoxy) is 1. The lowest BCUT2D eigenvalue weighted by molar-refractivity contribution is -0.145. The maximum absolute atomic E-state index is 12.7. The average molecular weight is 365 g/mol. The van der Waals surface area contributed by atoms with Gasteiger partial charge in [0.2, 0.25) is 5.91 Å². The van der Waals surface area contributed by atoms with Gasteiger partial charge in [0.25, 0.3) is 0 Å². The molecule has 138 valence electrons. The summed E-state index contributed by atoms with van der Waals surface area (Å²) in [5.74, 6) is -1.18. The number of halogens is 3. The van der Waals surface area contributed by atoms with Crippen molar-refractivity contribution in [2.24, 2.45) is 0 Å². The zero-order valence-electron chi connectivity index (χ0n) is 14.0. The monoisotopic (exact) mass is 365 g/mol. The third kappa shape index (κ3) is 5.61. The Morgan fingerprint density at radius 3 is 2.31 bits per heavy atom. The van der Waals surface area contributed by atoms with Crippen molar-refractivity contribution in [1.82, 2.24) is 5.32 Å². The van der Waals surface area contributed by atoms with E-state index in [1.165, 1.54) is 19.2 Å². The van der Waals surface area contributed by atoms with E-state index >= 15 is 0 Å². The van der Waals surface area contributed by atoms with Crippen LogP contribution in [0.5, 0.6) is 0 Å². The Morgan fingerprint density at radius 1 is 1.04 bits per heavy atom. The fraction of sp³-hybridized carbons (Fsp3) is 0.263. The smallest absolute Gasteiger partial charge is 0.416 e. The number of hydrogen-bond donors (Lipinski definition) is 1. The van der Waals surface area contributed by atoms with Crippen LogP contribution >= 0.6 is 0 Å². The zero-order chi connectivity index (χ0) is 19.2. The van der Waals surface area contributed by atoms with Crippen LogP contribution in [-0.4, -0.2) is 25.0 Å². The molecule has 0 bridgehead atoms. The van der Waals surface area contributed by atoms with E-state index in [0.29, 0.717) is 0 Å². The van der Waals surface area contributed by atoms with E-state index in [1.54, 1.807) is 24.3 Å². The predicted octanol–water partition coefficient (Wildman–Crippen LogP) is 3.15. The Labute approximate surface area is 149 Å². The molecule has 0 fully saturated rings. The number of benzene rings is 2. The first kappa shape index (κ1) is 19.5. The molecule has 1 unspecified atom stereocenters. The number of methoxy groups -OCH3 is 1. The molecule has 26 heavy (non-hydrogen) atoms. The number of rotatable bonds is 6. The Kier molecular flexibility index (Phi) is 6.38. The molecule has 1 N–H and O–H groups in total. The number of esters is 1. The Hall–Kier alpha value is -2.83. The van der Waals surface area contributed by atoms with E-state index in [0.717, 1.165) is 17.7 Å². The van der Waals surface area contributed by atoms with Crippen molar-refractivity contribution in [1.29, 1.82) is 0 Å². The van der Waals surface area contributed by atoms with Crippen LogP contribution < -0.4 is 5.32 Å². The quantitative estimate of drug-likeness (QED) is 0.800. The lowest BCUT2D eigenvalue weighted by Crippen LogP contribution is -2.43. The van der Waals surface area contributed by atoms with Crippen molar-refractivity contribution in [3.05, 3.63) is 71.3 Å². The second kappa shape index (κ2) is 8.51. The summed E-state index contributed by atoms with van der Waals surface area (Å²) in [5.41, 5.74) is 0.208. The SMILES string of the molecule is COC(=O)C(Cc1ccccc1)NC(=O)Cc1cccc(C(F)(F)F)c1. The van der Waals surface area contributed by atoms with E-state index < -0.39 is 29.7 Å². The normalized spacial score (nSPS) is 12.3. The average Bonchev–Trinajstić information content (AvgIpc) is 2.61. The van der Waals surface area contributed by atoms with Crippen LogP contribution in [0.15, 0.2) is 54.6 Å². The Balaban J connectivity index is 2.06. The van der Waals surface area contributed by atoms with Gasteiger partial charge in [-0.3, -0.25) is 4.79 Å². The van der Waals surface area contributed by atoms with Crippen molar-refractivity contribution in [2.75, 3.05) is 7.11 Å². The molecule has 0 aliphatic carbocycles. The molecule has 2 rings (SSSR count). The van der Waals surface area contributed by atoms with Crippen LogP contribution in [0.1, 0.15) is 16.7 Å². The highest BCUT2D eigenvalue weighted by Crippen LogP contribution is 2.29. The van der Waals surface area contributed by atoms with Gasteiger partial charge in [0, 0.05) is 6.42 Å². The minimum absolute atomic E-state index is 0.209. The third-order valence-corrected chi connectivity index (χ3v) is 3.72. The summed E-state index contributed by atoms with van der Waals surface area (Å²) >= 11 is 0. The molecule has 1 atom stereocenters. The fourth-order valence-electron chi connectivity index (χ4n) is 2.47. The van der Waals surface area contributed by atoms with Crippen LogP contribution in [0.25, 0.3) is 0 Å². The summed E-state index contributed by atoms with van der Waals surface area (Å²) in [6.07, 6.45) is -4.53. The molecule has 2 aromatic carbocycles. The molecule has 0 saturated heterocycles. The molecule has 2 aromatic rings. The first-order valence-electron chi connectivity index (χ1n) is 7.87. The highest BCUT2D eigenvalue weighted by Gasteiger charge is 2.30. The highest BCUT2D eigenvalue weighted by atomic mass is 19.4. The lowest BCUT2D eigenvalue weighted by Gasteiger charge is -2.17. The largest absolute Gasteiger partial charge is 0.467 e. The molecule has 1 amide bonds. The van der Waals surface area contributed by atoms with Gasteiger partial charge in [-0.1, -0.05) is 48.5 Å². The molecule has 7 heteroatoms. The molecule has 0 saturated carbocycles. The van der Waals surface area contributed by atoms with Gasteiger partial charge < -0.3 is 10.1 Å². The molecule has 0 aliphatic heterocycles. The standard InChI is InChI=1S/C19H18F3NO3/c1-26-18(25)16(11-13-6-3-2-4-7-13)23-17(24)12-14-8-5-9-15(10-14)19(20,21)22/h2-10,16H,11-12H2,1H3,(H,23,24). The summed E-state index contributed by atoms with van der Waals surface area (Å²) < 4.78 is 42.9. The first-order chi connectivity index (χ1) is 12.3. The molecular weight excluding hydrogens is 347 g/mol. The molecular formula is C19H18F3NO3. The Bertz CT molecular complexity index is 760. The molecule has 0 heterocycles. The van der Waals surface area contributed by atoms with Crippen LogP contribution in [0, 0.1) is 0 Å². The number of hydrogen-bond acceptors (Lipinski definition) is 3. The number of nitrogens with one attached hydrogen (secondary N) is 1. The van der Waals surface area contributed by atoms with Crippen LogP contribution in [0.3, 0.4) is 0 Å². The summed E-state index contributed by atoms with van der Waals surface area (Å²) in [4.78, 5) is 24.1. The minimum atomic E-state index is -4.48. The highest BCUT2D eigenvalue weighted by molar-refractivity contribution is 5.85. The van der Waals surface area contributed by atoms with Gasteiger partial charge in [-0.05, 0) is 17.2 Å². The minimum Gasteiger partial charge on any atom is -0.467 e. The van der Waals surface area contributed by atoms with E-state index in [9.17, 15) is 22.8 Å². The van der Waals surface area contributed by atoms with E-state index in [-0.39, 0.29) is 18.4 Å². The number of amides is 1. The van der Waals surface area contributed by atoms with Gasteiger partial charge in [0.15, 0.2) is 0 Å². The number of alkyl halides is 3. The van der Waals surface area contributed by atoms with E-state index in [4.69, 9.17) is 4.74 Å². The van der Waals surface area contributed by atoms with Crippen molar-refractivity contribution >= 4 is 11.9 Å². The number of carbonyl (C=O) groups excluding carboxylic acids is 2. The second-order valence-corrected chi connectivity index (χ2v) is 5.71. The maximum atomic E-state index is 12.7. The van der Waals surface area contributed by atoms with Crippen molar-refractivity contribution in [3.63, 3.8) is 0 Å². The molecule has 0 aromatic heterocycles.